The first-order valence-corrected chi connectivity index (χ1v) is 12.5. The summed E-state index contributed by atoms with van der Waals surface area (Å²) in [5.41, 5.74) is 4.86. The number of thiophene rings is 2. The Kier molecular flexibility index (Phi) is 6.67. The molecule has 3 aromatic heterocycles. The number of anilines is 1. The first-order chi connectivity index (χ1) is 16.2. The van der Waals surface area contributed by atoms with E-state index in [2.05, 4.69) is 16.4 Å². The number of hydrogen-bond donors (Lipinski definition) is 1. The summed E-state index contributed by atoms with van der Waals surface area (Å²) in [4.78, 5) is 44.6. The van der Waals surface area contributed by atoms with Crippen molar-refractivity contribution in [2.45, 2.75) is 41.2 Å². The van der Waals surface area contributed by atoms with Gasteiger partial charge < -0.3 is 10.1 Å². The van der Waals surface area contributed by atoms with Crippen molar-refractivity contribution in [1.82, 2.24) is 9.55 Å². The van der Waals surface area contributed by atoms with E-state index in [0.29, 0.717) is 20.8 Å². The van der Waals surface area contributed by atoms with Crippen LogP contribution in [0.3, 0.4) is 0 Å². The van der Waals surface area contributed by atoms with Gasteiger partial charge in [-0.15, -0.1) is 22.7 Å². The van der Waals surface area contributed by atoms with Crippen LogP contribution in [0.1, 0.15) is 38.8 Å². The second-order valence-electron chi connectivity index (χ2n) is 8.08. The van der Waals surface area contributed by atoms with Crippen LogP contribution in [0.4, 0.5) is 5.00 Å². The lowest BCUT2D eigenvalue weighted by atomic mass is 9.99. The minimum atomic E-state index is -0.476. The van der Waals surface area contributed by atoms with Crippen molar-refractivity contribution in [3.05, 3.63) is 67.4 Å². The minimum Gasteiger partial charge on any atom is -0.462 e. The van der Waals surface area contributed by atoms with Crippen LogP contribution in [-0.2, 0) is 16.1 Å². The van der Waals surface area contributed by atoms with Gasteiger partial charge in [0.2, 0.25) is 5.91 Å². The van der Waals surface area contributed by atoms with Gasteiger partial charge in [-0.05, 0) is 51.3 Å². The van der Waals surface area contributed by atoms with E-state index in [-0.39, 0.29) is 18.7 Å². The van der Waals surface area contributed by atoms with E-state index in [0.717, 1.165) is 32.7 Å². The number of rotatable bonds is 6. The Balaban J connectivity index is 1.66. The largest absolute Gasteiger partial charge is 0.462 e. The van der Waals surface area contributed by atoms with Gasteiger partial charge in [-0.25, -0.2) is 9.78 Å². The molecule has 3 heterocycles. The topological polar surface area (TPSA) is 90.3 Å². The average Bonchev–Trinajstić information content (AvgIpc) is 3.31. The van der Waals surface area contributed by atoms with E-state index in [1.165, 1.54) is 33.6 Å². The molecule has 4 rings (SSSR count). The molecule has 0 bridgehead atoms. The number of amides is 1. The van der Waals surface area contributed by atoms with Gasteiger partial charge in [0.05, 0.1) is 23.9 Å². The summed E-state index contributed by atoms with van der Waals surface area (Å²) >= 11 is 2.72. The molecule has 176 valence electrons. The summed E-state index contributed by atoms with van der Waals surface area (Å²) in [5, 5.41) is 5.64. The lowest BCUT2D eigenvalue weighted by molar-refractivity contribution is -0.116. The zero-order valence-corrected chi connectivity index (χ0v) is 21.3. The molecule has 4 aromatic rings. The highest BCUT2D eigenvalue weighted by molar-refractivity contribution is 7.17. The van der Waals surface area contributed by atoms with Crippen molar-refractivity contribution in [1.29, 1.82) is 0 Å². The predicted octanol–water partition coefficient (Wildman–Crippen LogP) is 5.24. The molecule has 34 heavy (non-hydrogen) atoms. The van der Waals surface area contributed by atoms with Crippen LogP contribution in [0, 0.1) is 27.7 Å². The first-order valence-electron chi connectivity index (χ1n) is 10.8. The van der Waals surface area contributed by atoms with Gasteiger partial charge in [-0.2, -0.15) is 0 Å². The Morgan fingerprint density at radius 1 is 1.15 bits per heavy atom. The zero-order chi connectivity index (χ0) is 24.6. The maximum Gasteiger partial charge on any atom is 0.341 e. The van der Waals surface area contributed by atoms with Crippen LogP contribution in [-0.4, -0.2) is 28.0 Å². The summed E-state index contributed by atoms with van der Waals surface area (Å²) < 4.78 is 6.45. The third-order valence-corrected chi connectivity index (χ3v) is 7.67. The standard InChI is InChI=1S/C25H25N3O4S2/c1-6-32-25(31)20-15(4)16(5)34-23(20)27-19(29)10-28-12-26-22-21(24(28)30)18(11-33-22)17-8-7-13(2)9-14(17)3/h7-9,11-12H,6,10H2,1-5H3,(H,27,29). The van der Waals surface area contributed by atoms with Crippen molar-refractivity contribution < 1.29 is 14.3 Å². The van der Waals surface area contributed by atoms with Crippen LogP contribution in [0.5, 0.6) is 0 Å². The average molecular weight is 496 g/mol. The third kappa shape index (κ3) is 4.41. The van der Waals surface area contributed by atoms with Gasteiger partial charge in [0.1, 0.15) is 16.4 Å². The molecule has 0 fully saturated rings. The number of esters is 1. The number of carbonyl (C=O) groups is 2. The van der Waals surface area contributed by atoms with Crippen LogP contribution in [0.2, 0.25) is 0 Å². The molecule has 1 aromatic carbocycles. The molecular weight excluding hydrogens is 470 g/mol. The molecule has 0 aliphatic carbocycles. The lowest BCUT2D eigenvalue weighted by Gasteiger charge is -2.09. The highest BCUT2D eigenvalue weighted by Crippen LogP contribution is 2.34. The Hall–Kier alpha value is -3.30. The fourth-order valence-electron chi connectivity index (χ4n) is 3.88. The van der Waals surface area contributed by atoms with Gasteiger partial charge in [-0.3, -0.25) is 14.2 Å². The van der Waals surface area contributed by atoms with E-state index >= 15 is 0 Å². The van der Waals surface area contributed by atoms with Crippen LogP contribution >= 0.6 is 22.7 Å². The van der Waals surface area contributed by atoms with E-state index in [4.69, 9.17) is 4.74 Å². The third-order valence-electron chi connectivity index (χ3n) is 5.66. The molecule has 0 unspecified atom stereocenters. The van der Waals surface area contributed by atoms with E-state index in [1.54, 1.807) is 6.92 Å². The maximum absolute atomic E-state index is 13.3. The zero-order valence-electron chi connectivity index (χ0n) is 19.6. The number of fused-ring (bicyclic) bond motifs is 1. The Morgan fingerprint density at radius 2 is 1.91 bits per heavy atom. The molecule has 0 aliphatic rings. The van der Waals surface area contributed by atoms with Crippen molar-refractivity contribution in [3.63, 3.8) is 0 Å². The number of hydrogen-bond acceptors (Lipinski definition) is 7. The minimum absolute atomic E-state index is 0.220. The summed E-state index contributed by atoms with van der Waals surface area (Å²) in [6.45, 7) is 9.50. The maximum atomic E-state index is 13.3. The predicted molar refractivity (Wildman–Crippen MR) is 137 cm³/mol. The smallest absolute Gasteiger partial charge is 0.341 e. The van der Waals surface area contributed by atoms with Crippen molar-refractivity contribution in [2.24, 2.45) is 0 Å². The molecule has 7 nitrogen and oxygen atoms in total. The fraction of sp³-hybridized carbons (Fsp3) is 0.280. The van der Waals surface area contributed by atoms with Gasteiger partial charge in [0.15, 0.2) is 0 Å². The molecule has 0 saturated heterocycles. The molecule has 0 saturated carbocycles. The van der Waals surface area contributed by atoms with Gasteiger partial charge in [0, 0.05) is 15.8 Å². The summed E-state index contributed by atoms with van der Waals surface area (Å²) in [6.07, 6.45) is 1.39. The Morgan fingerprint density at radius 3 is 2.62 bits per heavy atom. The first kappa shape index (κ1) is 23.8. The van der Waals surface area contributed by atoms with E-state index < -0.39 is 11.9 Å². The van der Waals surface area contributed by atoms with Crippen molar-refractivity contribution in [3.8, 4) is 11.1 Å². The Bertz CT molecular complexity index is 1480. The highest BCUT2D eigenvalue weighted by atomic mass is 32.1. The van der Waals surface area contributed by atoms with Gasteiger partial charge in [-0.1, -0.05) is 23.8 Å². The van der Waals surface area contributed by atoms with E-state index in [9.17, 15) is 14.4 Å². The number of benzene rings is 1. The summed E-state index contributed by atoms with van der Waals surface area (Å²) in [6, 6.07) is 6.10. The second-order valence-corrected chi connectivity index (χ2v) is 10.2. The second kappa shape index (κ2) is 9.52. The van der Waals surface area contributed by atoms with Crippen LogP contribution in [0.15, 0.2) is 34.7 Å². The number of aryl methyl sites for hydroxylation is 3. The summed E-state index contributed by atoms with van der Waals surface area (Å²) in [7, 11) is 0. The van der Waals surface area contributed by atoms with E-state index in [1.807, 2.05) is 45.2 Å². The molecule has 1 amide bonds. The van der Waals surface area contributed by atoms with Crippen LogP contribution < -0.4 is 10.9 Å². The van der Waals surface area contributed by atoms with Crippen LogP contribution in [0.25, 0.3) is 21.3 Å². The number of carbonyl (C=O) groups excluding carboxylic acids is 2. The lowest BCUT2D eigenvalue weighted by Crippen LogP contribution is -2.28. The number of nitrogens with zero attached hydrogens (tertiary/aromatic N) is 2. The number of ether oxygens (including phenoxy) is 1. The monoisotopic (exact) mass is 495 g/mol. The number of nitrogens with one attached hydrogen (secondary N) is 1. The van der Waals surface area contributed by atoms with Crippen molar-refractivity contribution in [2.75, 3.05) is 11.9 Å². The Labute approximate surface area is 205 Å². The number of aromatic nitrogens is 2. The molecule has 1 N–H and O–H groups in total. The molecule has 0 radical (unpaired) electrons. The van der Waals surface area contributed by atoms with Gasteiger partial charge in [0.25, 0.3) is 5.56 Å². The fourth-order valence-corrected chi connectivity index (χ4v) is 5.84. The quantitative estimate of drug-likeness (QED) is 0.370. The summed E-state index contributed by atoms with van der Waals surface area (Å²) in [5.74, 6) is -0.894. The SMILES string of the molecule is CCOC(=O)c1c(NC(=O)Cn2cnc3scc(-c4ccc(C)cc4C)c3c2=O)sc(C)c1C. The molecule has 0 spiro atoms. The highest BCUT2D eigenvalue weighted by Gasteiger charge is 2.23. The van der Waals surface area contributed by atoms with Crippen molar-refractivity contribution >= 4 is 49.8 Å². The molecule has 9 heteroatoms. The molecular formula is C25H25N3O4S2. The molecule has 0 aliphatic heterocycles. The van der Waals surface area contributed by atoms with Gasteiger partial charge >= 0.3 is 5.97 Å². The molecule has 0 atom stereocenters. The normalized spacial score (nSPS) is 11.1.